The molecule has 1 unspecified atom stereocenters. The fourth-order valence-corrected chi connectivity index (χ4v) is 5.70. The third kappa shape index (κ3) is 2.96. The smallest absolute Gasteiger partial charge is 0.328 e. The number of rotatable bonds is 5. The van der Waals surface area contributed by atoms with Crippen LogP contribution in [0.4, 0.5) is 0 Å². The number of hydrogen-bond donors (Lipinski definition) is 1. The fraction of sp³-hybridized carbons (Fsp3) is 0.588. The second-order valence-corrected chi connectivity index (χ2v) is 10.0. The molecule has 1 saturated heterocycles. The minimum absolute atomic E-state index is 0.276. The average Bonchev–Trinajstić information content (AvgIpc) is 3.28. The van der Waals surface area contributed by atoms with Crippen molar-refractivity contribution in [2.24, 2.45) is 18.4 Å². The van der Waals surface area contributed by atoms with Crippen molar-refractivity contribution in [2.45, 2.75) is 44.2 Å². The van der Waals surface area contributed by atoms with Crippen molar-refractivity contribution in [3.8, 4) is 0 Å². The molecule has 1 atom stereocenters. The summed E-state index contributed by atoms with van der Waals surface area (Å²) in [6.07, 6.45) is 7.01. The number of nitrogens with zero attached hydrogens (tertiary/aromatic N) is 4. The van der Waals surface area contributed by atoms with Gasteiger partial charge in [0.2, 0.25) is 0 Å². The molecule has 146 valence electrons. The van der Waals surface area contributed by atoms with Crippen LogP contribution in [0.25, 0.3) is 0 Å². The lowest BCUT2D eigenvalue weighted by Gasteiger charge is -2.52. The van der Waals surface area contributed by atoms with Gasteiger partial charge in [0, 0.05) is 44.1 Å². The monoisotopic (exact) mass is 393 g/mol. The molecule has 1 N–H and O–H groups in total. The summed E-state index contributed by atoms with van der Waals surface area (Å²) in [4.78, 5) is 29.8. The first-order valence-electron chi connectivity index (χ1n) is 8.94. The fourth-order valence-electron chi connectivity index (χ4n) is 3.71. The van der Waals surface area contributed by atoms with Gasteiger partial charge in [-0.25, -0.2) is 18.2 Å². The third-order valence-electron chi connectivity index (χ3n) is 5.40. The molecule has 1 aliphatic heterocycles. The molecule has 3 heterocycles. The topological polar surface area (TPSA) is 110 Å². The Balaban J connectivity index is 1.75. The molecular weight excluding hydrogens is 370 g/mol. The molecule has 2 fully saturated rings. The molecule has 0 amide bonds. The van der Waals surface area contributed by atoms with Gasteiger partial charge in [-0.2, -0.15) is 4.31 Å². The highest BCUT2D eigenvalue weighted by atomic mass is 32.2. The lowest BCUT2D eigenvalue weighted by atomic mass is 9.76. The summed E-state index contributed by atoms with van der Waals surface area (Å²) in [5.41, 5.74) is -1.87. The summed E-state index contributed by atoms with van der Waals surface area (Å²) in [6.45, 7) is 5.09. The minimum atomic E-state index is -4.07. The molecule has 0 spiro atoms. The van der Waals surface area contributed by atoms with Gasteiger partial charge < -0.3 is 9.13 Å². The molecule has 2 aromatic heterocycles. The van der Waals surface area contributed by atoms with Gasteiger partial charge in [0.25, 0.3) is 15.6 Å². The van der Waals surface area contributed by atoms with Crippen molar-refractivity contribution in [1.82, 2.24) is 23.4 Å². The molecular formula is C17H23N5O4S. The molecule has 4 rings (SSSR count). The van der Waals surface area contributed by atoms with E-state index in [1.54, 1.807) is 6.20 Å². The van der Waals surface area contributed by atoms with E-state index < -0.39 is 32.2 Å². The number of aromatic nitrogens is 4. The van der Waals surface area contributed by atoms with Crippen LogP contribution in [0.1, 0.15) is 38.6 Å². The van der Waals surface area contributed by atoms with E-state index in [1.165, 1.54) is 24.2 Å². The van der Waals surface area contributed by atoms with Crippen LogP contribution in [-0.4, -0.2) is 38.4 Å². The SMILES string of the molecule is Cn1cc(S(=O)(=O)N2CC(C)(C)C2c2nccn2CC2CC2)c(=O)[nH]c1=O. The van der Waals surface area contributed by atoms with E-state index in [2.05, 4.69) is 9.97 Å². The molecule has 0 aromatic carbocycles. The zero-order valence-corrected chi connectivity index (χ0v) is 16.4. The van der Waals surface area contributed by atoms with Gasteiger partial charge in [-0.15, -0.1) is 0 Å². The van der Waals surface area contributed by atoms with Gasteiger partial charge in [-0.1, -0.05) is 13.8 Å². The van der Waals surface area contributed by atoms with Gasteiger partial charge in [0.15, 0.2) is 4.90 Å². The predicted molar refractivity (Wildman–Crippen MR) is 97.7 cm³/mol. The van der Waals surface area contributed by atoms with Crippen LogP contribution in [0.3, 0.4) is 0 Å². The van der Waals surface area contributed by atoms with E-state index in [4.69, 9.17) is 0 Å². The van der Waals surface area contributed by atoms with E-state index in [0.29, 0.717) is 11.7 Å². The zero-order chi connectivity index (χ0) is 19.6. The summed E-state index contributed by atoms with van der Waals surface area (Å²) >= 11 is 0. The molecule has 27 heavy (non-hydrogen) atoms. The minimum Gasteiger partial charge on any atom is -0.333 e. The van der Waals surface area contributed by atoms with Crippen molar-refractivity contribution in [1.29, 1.82) is 0 Å². The predicted octanol–water partition coefficient (Wildman–Crippen LogP) is 0.452. The Labute approximate surface area is 156 Å². The van der Waals surface area contributed by atoms with Crippen molar-refractivity contribution in [3.05, 3.63) is 45.3 Å². The highest BCUT2D eigenvalue weighted by Gasteiger charge is 2.55. The van der Waals surface area contributed by atoms with E-state index >= 15 is 0 Å². The van der Waals surface area contributed by atoms with E-state index in [-0.39, 0.29) is 12.0 Å². The molecule has 9 nitrogen and oxygen atoms in total. The first-order chi connectivity index (χ1) is 12.6. The van der Waals surface area contributed by atoms with Crippen LogP contribution >= 0.6 is 0 Å². The Hall–Kier alpha value is -2.20. The van der Waals surface area contributed by atoms with Crippen LogP contribution in [0.2, 0.25) is 0 Å². The van der Waals surface area contributed by atoms with Crippen LogP contribution < -0.4 is 11.2 Å². The number of aryl methyl sites for hydroxylation is 1. The Bertz CT molecular complexity index is 1110. The van der Waals surface area contributed by atoms with Crippen molar-refractivity contribution in [3.63, 3.8) is 0 Å². The molecule has 2 aliphatic rings. The molecule has 10 heteroatoms. The van der Waals surface area contributed by atoms with E-state index in [0.717, 1.165) is 17.3 Å². The first kappa shape index (κ1) is 18.2. The lowest BCUT2D eigenvalue weighted by molar-refractivity contribution is 0.0111. The van der Waals surface area contributed by atoms with Gasteiger partial charge >= 0.3 is 5.69 Å². The first-order valence-corrected chi connectivity index (χ1v) is 10.4. The van der Waals surface area contributed by atoms with Gasteiger partial charge in [-0.3, -0.25) is 9.78 Å². The van der Waals surface area contributed by atoms with Crippen molar-refractivity contribution >= 4 is 10.0 Å². The summed E-state index contributed by atoms with van der Waals surface area (Å²) in [5, 5.41) is 0. The quantitative estimate of drug-likeness (QED) is 0.793. The molecule has 1 aliphatic carbocycles. The third-order valence-corrected chi connectivity index (χ3v) is 7.20. The molecule has 0 bridgehead atoms. The summed E-state index contributed by atoms with van der Waals surface area (Å²) in [5.74, 6) is 1.32. The highest BCUT2D eigenvalue weighted by molar-refractivity contribution is 7.89. The van der Waals surface area contributed by atoms with Gasteiger partial charge in [0.1, 0.15) is 5.82 Å². The Kier molecular flexibility index (Phi) is 3.97. The van der Waals surface area contributed by atoms with Crippen LogP contribution in [0.5, 0.6) is 0 Å². The van der Waals surface area contributed by atoms with Gasteiger partial charge in [0.05, 0.1) is 6.04 Å². The Morgan fingerprint density at radius 1 is 1.30 bits per heavy atom. The van der Waals surface area contributed by atoms with Crippen molar-refractivity contribution in [2.75, 3.05) is 6.54 Å². The highest BCUT2D eigenvalue weighted by Crippen LogP contribution is 2.50. The second-order valence-electron chi connectivity index (χ2n) is 8.19. The number of aromatic amines is 1. The number of imidazole rings is 1. The second kappa shape index (κ2) is 5.90. The van der Waals surface area contributed by atoms with E-state index in [9.17, 15) is 18.0 Å². The van der Waals surface area contributed by atoms with Gasteiger partial charge in [-0.05, 0) is 18.8 Å². The Morgan fingerprint density at radius 2 is 2.00 bits per heavy atom. The maximum absolute atomic E-state index is 13.2. The molecule has 0 radical (unpaired) electrons. The van der Waals surface area contributed by atoms with Crippen LogP contribution in [0.15, 0.2) is 33.1 Å². The average molecular weight is 393 g/mol. The number of sulfonamides is 1. The van der Waals surface area contributed by atoms with E-state index in [1.807, 2.05) is 24.6 Å². The van der Waals surface area contributed by atoms with Crippen LogP contribution in [-0.2, 0) is 23.6 Å². The summed E-state index contributed by atoms with van der Waals surface area (Å²) < 4.78 is 30.8. The largest absolute Gasteiger partial charge is 0.333 e. The number of hydrogen-bond acceptors (Lipinski definition) is 5. The standard InChI is InChI=1S/C17H23N5O4S/c1-17(2)10-22(13(17)14-18-6-7-21(14)8-11-4-5-11)27(25,26)12-9-20(3)16(24)19-15(12)23/h6-7,9,11,13H,4-5,8,10H2,1-3H3,(H,19,23,24). The normalized spacial score (nSPS) is 22.6. The summed E-state index contributed by atoms with van der Waals surface area (Å²) in [6, 6.07) is -0.465. The van der Waals surface area contributed by atoms with Crippen LogP contribution in [0, 0.1) is 11.3 Å². The van der Waals surface area contributed by atoms with Crippen molar-refractivity contribution < 1.29 is 8.42 Å². The maximum atomic E-state index is 13.2. The number of nitrogens with one attached hydrogen (secondary N) is 1. The summed E-state index contributed by atoms with van der Waals surface area (Å²) in [7, 11) is -2.67. The molecule has 1 saturated carbocycles. The zero-order valence-electron chi connectivity index (χ0n) is 15.5. The Morgan fingerprint density at radius 3 is 2.63 bits per heavy atom. The number of H-pyrrole nitrogens is 1. The maximum Gasteiger partial charge on any atom is 0.328 e. The molecule has 2 aromatic rings. The lowest BCUT2D eigenvalue weighted by Crippen LogP contribution is -2.59.